The van der Waals surface area contributed by atoms with Crippen molar-refractivity contribution in [1.82, 2.24) is 5.16 Å². The summed E-state index contributed by atoms with van der Waals surface area (Å²) in [5, 5.41) is 4.58. The lowest BCUT2D eigenvalue weighted by Crippen LogP contribution is -1.89. The summed E-state index contributed by atoms with van der Waals surface area (Å²) in [5.74, 6) is -0.216. The number of benzene rings is 2. The monoisotopic (exact) mass is 366 g/mol. The van der Waals surface area contributed by atoms with Crippen molar-refractivity contribution >= 4 is 33.4 Å². The van der Waals surface area contributed by atoms with E-state index in [1.54, 1.807) is 30.3 Å². The van der Waals surface area contributed by atoms with Crippen LogP contribution in [0.5, 0.6) is 0 Å². The van der Waals surface area contributed by atoms with Crippen molar-refractivity contribution in [1.29, 1.82) is 0 Å². The van der Waals surface area contributed by atoms with Gasteiger partial charge in [0.05, 0.1) is 5.56 Å². The summed E-state index contributed by atoms with van der Waals surface area (Å²) in [7, 11) is 0. The lowest BCUT2D eigenvalue weighted by Gasteiger charge is -2.05. The Morgan fingerprint density at radius 3 is 2.71 bits per heavy atom. The Hall–Kier alpha value is -1.85. The maximum atomic E-state index is 13.4. The van der Waals surface area contributed by atoms with Crippen LogP contribution in [0.25, 0.3) is 22.4 Å². The molecular weight excluding hydrogens is 359 g/mol. The van der Waals surface area contributed by atoms with Crippen LogP contribution >= 0.6 is 27.5 Å². The van der Waals surface area contributed by atoms with Gasteiger partial charge in [-0.1, -0.05) is 50.9 Å². The van der Waals surface area contributed by atoms with E-state index in [1.807, 2.05) is 0 Å². The largest absolute Gasteiger partial charge is 0.367 e. The molecule has 106 valence electrons. The Balaban J connectivity index is 2.22. The molecule has 3 nitrogen and oxygen atoms in total. The summed E-state index contributed by atoms with van der Waals surface area (Å²) in [5.41, 5.74) is 8.30. The van der Waals surface area contributed by atoms with Gasteiger partial charge in [0.2, 0.25) is 5.88 Å². The number of aromatic nitrogens is 1. The van der Waals surface area contributed by atoms with Crippen molar-refractivity contribution < 1.29 is 8.91 Å². The maximum Gasteiger partial charge on any atom is 0.230 e. The second kappa shape index (κ2) is 5.50. The first-order valence-electron chi connectivity index (χ1n) is 6.03. The standard InChI is InChI=1S/C15H9BrClFN2O/c16-12-7-9(17)4-5-11(12)14-13(15(19)21-20-14)8-2-1-3-10(18)6-8/h1-7H,19H2. The number of nitrogen functional groups attached to an aromatic ring is 1. The molecule has 0 aliphatic rings. The third kappa shape index (κ3) is 2.66. The van der Waals surface area contributed by atoms with Crippen LogP contribution in [0.1, 0.15) is 0 Å². The van der Waals surface area contributed by atoms with Gasteiger partial charge in [0.25, 0.3) is 0 Å². The Morgan fingerprint density at radius 1 is 1.19 bits per heavy atom. The van der Waals surface area contributed by atoms with E-state index in [-0.39, 0.29) is 11.7 Å². The van der Waals surface area contributed by atoms with Gasteiger partial charge in [-0.15, -0.1) is 0 Å². The molecule has 0 saturated carbocycles. The van der Waals surface area contributed by atoms with E-state index in [4.69, 9.17) is 21.9 Å². The normalized spacial score (nSPS) is 10.8. The zero-order valence-electron chi connectivity index (χ0n) is 10.6. The first-order chi connectivity index (χ1) is 10.1. The SMILES string of the molecule is Nc1onc(-c2ccc(Cl)cc2Br)c1-c1cccc(F)c1. The number of hydrogen-bond acceptors (Lipinski definition) is 3. The molecule has 0 radical (unpaired) electrons. The first kappa shape index (κ1) is 14.1. The highest BCUT2D eigenvalue weighted by Gasteiger charge is 2.19. The summed E-state index contributed by atoms with van der Waals surface area (Å²) in [6.07, 6.45) is 0. The van der Waals surface area contributed by atoms with Gasteiger partial charge in [-0.05, 0) is 29.8 Å². The van der Waals surface area contributed by atoms with Crippen LogP contribution in [0.15, 0.2) is 51.5 Å². The predicted molar refractivity (Wildman–Crippen MR) is 84.5 cm³/mol. The number of halogens is 3. The van der Waals surface area contributed by atoms with Gasteiger partial charge in [-0.25, -0.2) is 4.39 Å². The minimum absolute atomic E-state index is 0.137. The topological polar surface area (TPSA) is 52.0 Å². The summed E-state index contributed by atoms with van der Waals surface area (Å²) in [6.45, 7) is 0. The fourth-order valence-electron chi connectivity index (χ4n) is 2.09. The summed E-state index contributed by atoms with van der Waals surface area (Å²) in [6, 6.07) is 11.4. The van der Waals surface area contributed by atoms with Crippen molar-refractivity contribution in [2.45, 2.75) is 0 Å². The quantitative estimate of drug-likeness (QED) is 0.682. The molecule has 0 fully saturated rings. The van der Waals surface area contributed by atoms with Crippen LogP contribution in [-0.4, -0.2) is 5.16 Å². The second-order valence-corrected chi connectivity index (χ2v) is 5.70. The highest BCUT2D eigenvalue weighted by molar-refractivity contribution is 9.10. The van der Waals surface area contributed by atoms with E-state index in [0.717, 1.165) is 10.0 Å². The lowest BCUT2D eigenvalue weighted by atomic mass is 10.0. The van der Waals surface area contributed by atoms with Crippen LogP contribution in [0.3, 0.4) is 0 Å². The number of anilines is 1. The van der Waals surface area contributed by atoms with Crippen molar-refractivity contribution in [2.75, 3.05) is 5.73 Å². The molecular formula is C15H9BrClFN2O. The van der Waals surface area contributed by atoms with E-state index in [0.29, 0.717) is 21.8 Å². The van der Waals surface area contributed by atoms with Gasteiger partial charge in [0, 0.05) is 15.1 Å². The first-order valence-corrected chi connectivity index (χ1v) is 7.20. The molecule has 0 saturated heterocycles. The minimum atomic E-state index is -0.353. The fraction of sp³-hybridized carbons (Fsp3) is 0. The predicted octanol–water partition coefficient (Wildman–Crippen LogP) is 5.15. The molecule has 21 heavy (non-hydrogen) atoms. The average Bonchev–Trinajstić information content (AvgIpc) is 2.80. The van der Waals surface area contributed by atoms with E-state index in [2.05, 4.69) is 21.1 Å². The molecule has 1 heterocycles. The third-order valence-corrected chi connectivity index (χ3v) is 3.91. The minimum Gasteiger partial charge on any atom is -0.367 e. The molecule has 3 aromatic rings. The Labute approximate surface area is 133 Å². The Kier molecular flexibility index (Phi) is 3.69. The van der Waals surface area contributed by atoms with Gasteiger partial charge in [-0.3, -0.25) is 0 Å². The highest BCUT2D eigenvalue weighted by atomic mass is 79.9. The van der Waals surface area contributed by atoms with Gasteiger partial charge < -0.3 is 10.3 Å². The van der Waals surface area contributed by atoms with Gasteiger partial charge >= 0.3 is 0 Å². The molecule has 3 rings (SSSR count). The van der Waals surface area contributed by atoms with Crippen LogP contribution in [0.2, 0.25) is 5.02 Å². The smallest absolute Gasteiger partial charge is 0.230 e. The van der Waals surface area contributed by atoms with Gasteiger partial charge in [0.1, 0.15) is 11.5 Å². The van der Waals surface area contributed by atoms with Crippen molar-refractivity contribution in [3.63, 3.8) is 0 Å². The van der Waals surface area contributed by atoms with Crippen LogP contribution in [0.4, 0.5) is 10.3 Å². The van der Waals surface area contributed by atoms with E-state index >= 15 is 0 Å². The number of nitrogens with zero attached hydrogens (tertiary/aromatic N) is 1. The third-order valence-electron chi connectivity index (χ3n) is 3.02. The molecule has 2 aromatic carbocycles. The van der Waals surface area contributed by atoms with Gasteiger partial charge in [0.15, 0.2) is 0 Å². The summed E-state index contributed by atoms with van der Waals surface area (Å²) < 4.78 is 19.3. The summed E-state index contributed by atoms with van der Waals surface area (Å²) >= 11 is 9.37. The molecule has 0 unspecified atom stereocenters. The molecule has 0 atom stereocenters. The van der Waals surface area contributed by atoms with Crippen LogP contribution in [0, 0.1) is 5.82 Å². The molecule has 6 heteroatoms. The lowest BCUT2D eigenvalue weighted by molar-refractivity contribution is 0.439. The second-order valence-electron chi connectivity index (χ2n) is 4.40. The van der Waals surface area contributed by atoms with Crippen LogP contribution in [-0.2, 0) is 0 Å². The van der Waals surface area contributed by atoms with E-state index < -0.39 is 0 Å². The fourth-order valence-corrected chi connectivity index (χ4v) is 2.96. The van der Waals surface area contributed by atoms with Crippen molar-refractivity contribution in [2.24, 2.45) is 0 Å². The van der Waals surface area contributed by atoms with Crippen molar-refractivity contribution in [3.05, 3.63) is 57.8 Å². The molecule has 2 N–H and O–H groups in total. The number of hydrogen-bond donors (Lipinski definition) is 1. The molecule has 0 bridgehead atoms. The molecule has 0 aliphatic heterocycles. The molecule has 0 amide bonds. The number of rotatable bonds is 2. The highest BCUT2D eigenvalue weighted by Crippen LogP contribution is 2.39. The van der Waals surface area contributed by atoms with E-state index in [9.17, 15) is 4.39 Å². The van der Waals surface area contributed by atoms with Crippen LogP contribution < -0.4 is 5.73 Å². The van der Waals surface area contributed by atoms with Crippen molar-refractivity contribution in [3.8, 4) is 22.4 Å². The number of nitrogens with two attached hydrogens (primary N) is 1. The maximum absolute atomic E-state index is 13.4. The zero-order chi connectivity index (χ0) is 15.0. The molecule has 0 spiro atoms. The van der Waals surface area contributed by atoms with Gasteiger partial charge in [-0.2, -0.15) is 0 Å². The zero-order valence-corrected chi connectivity index (χ0v) is 13.0. The Bertz CT molecular complexity index is 819. The van der Waals surface area contributed by atoms with E-state index in [1.165, 1.54) is 12.1 Å². The summed E-state index contributed by atoms with van der Waals surface area (Å²) in [4.78, 5) is 0. The molecule has 1 aromatic heterocycles. The molecule has 0 aliphatic carbocycles. The average molecular weight is 368 g/mol. The Morgan fingerprint density at radius 2 is 2.00 bits per heavy atom.